The fraction of sp³-hybridized carbons (Fsp3) is 0.600. The number of anilines is 1. The minimum atomic E-state index is -4.30. The predicted molar refractivity (Wildman–Crippen MR) is 74.8 cm³/mol. The third kappa shape index (κ3) is 3.88. The number of nitrogens with one attached hydrogen (secondary N) is 1. The molecule has 5 heteroatoms. The van der Waals surface area contributed by atoms with Crippen molar-refractivity contribution in [2.75, 3.05) is 25.0 Å². The third-order valence-corrected chi connectivity index (χ3v) is 3.86. The summed E-state index contributed by atoms with van der Waals surface area (Å²) in [4.78, 5) is 2.34. The molecule has 112 valence electrons. The van der Waals surface area contributed by atoms with E-state index in [-0.39, 0.29) is 11.7 Å². The lowest BCUT2D eigenvalue weighted by molar-refractivity contribution is -0.137. The van der Waals surface area contributed by atoms with Crippen molar-refractivity contribution >= 4 is 5.69 Å². The Morgan fingerprint density at radius 2 is 1.95 bits per heavy atom. The number of nitrogens with zero attached hydrogens (tertiary/aromatic N) is 1. The molecule has 1 unspecified atom stereocenters. The van der Waals surface area contributed by atoms with E-state index < -0.39 is 11.7 Å². The molecule has 0 aromatic heterocycles. The summed E-state index contributed by atoms with van der Waals surface area (Å²) >= 11 is 0. The van der Waals surface area contributed by atoms with Crippen molar-refractivity contribution in [3.8, 4) is 0 Å². The Morgan fingerprint density at radius 3 is 2.65 bits per heavy atom. The van der Waals surface area contributed by atoms with E-state index in [1.54, 1.807) is 6.07 Å². The molecule has 1 saturated heterocycles. The van der Waals surface area contributed by atoms with Crippen LogP contribution in [-0.4, -0.2) is 30.6 Å². The van der Waals surface area contributed by atoms with Crippen LogP contribution in [0.2, 0.25) is 0 Å². The number of benzene rings is 1. The lowest BCUT2D eigenvalue weighted by atomic mass is 10.1. The molecule has 1 aliphatic heterocycles. The van der Waals surface area contributed by atoms with Gasteiger partial charge >= 0.3 is 6.18 Å². The number of alkyl halides is 3. The summed E-state index contributed by atoms with van der Waals surface area (Å²) < 4.78 is 38.9. The van der Waals surface area contributed by atoms with E-state index in [0.717, 1.165) is 45.0 Å². The van der Waals surface area contributed by atoms with Gasteiger partial charge in [-0.2, -0.15) is 13.2 Å². The van der Waals surface area contributed by atoms with Gasteiger partial charge in [-0.3, -0.25) is 0 Å². The molecule has 0 bridgehead atoms. The second-order valence-electron chi connectivity index (χ2n) is 5.25. The van der Waals surface area contributed by atoms with E-state index in [9.17, 15) is 13.2 Å². The first-order valence-electron chi connectivity index (χ1n) is 7.16. The standard InChI is InChI=1S/C15H21F3N2/c1-2-20-10-5-6-12(9-11-20)19-14-8-4-3-7-13(14)15(16,17)18/h3-4,7-8,12,19H,2,5-6,9-11H2,1H3. The van der Waals surface area contributed by atoms with E-state index in [1.807, 2.05) is 0 Å². The summed E-state index contributed by atoms with van der Waals surface area (Å²) in [6.07, 6.45) is -1.47. The van der Waals surface area contributed by atoms with Crippen LogP contribution in [0.3, 0.4) is 0 Å². The van der Waals surface area contributed by atoms with Gasteiger partial charge in [0.1, 0.15) is 0 Å². The molecule has 2 nitrogen and oxygen atoms in total. The number of hydrogen-bond acceptors (Lipinski definition) is 2. The minimum absolute atomic E-state index is 0.120. The Labute approximate surface area is 118 Å². The van der Waals surface area contributed by atoms with Crippen molar-refractivity contribution in [1.82, 2.24) is 4.90 Å². The highest BCUT2D eigenvalue weighted by molar-refractivity contribution is 5.53. The van der Waals surface area contributed by atoms with Crippen LogP contribution in [0.5, 0.6) is 0 Å². The molecule has 0 amide bonds. The summed E-state index contributed by atoms with van der Waals surface area (Å²) in [5.41, 5.74) is -0.369. The van der Waals surface area contributed by atoms with Gasteiger partial charge in [0.25, 0.3) is 0 Å². The lowest BCUT2D eigenvalue weighted by Gasteiger charge is -2.21. The van der Waals surface area contributed by atoms with Gasteiger partial charge in [-0.15, -0.1) is 0 Å². The Kier molecular flexibility index (Phi) is 4.91. The average molecular weight is 286 g/mol. The van der Waals surface area contributed by atoms with Gasteiger partial charge in [0.15, 0.2) is 0 Å². The predicted octanol–water partition coefficient (Wildman–Crippen LogP) is 3.99. The van der Waals surface area contributed by atoms with Gasteiger partial charge < -0.3 is 10.2 Å². The number of halogens is 3. The highest BCUT2D eigenvalue weighted by atomic mass is 19.4. The Balaban J connectivity index is 2.07. The van der Waals surface area contributed by atoms with Crippen LogP contribution in [0.25, 0.3) is 0 Å². The van der Waals surface area contributed by atoms with E-state index in [0.29, 0.717) is 0 Å². The van der Waals surface area contributed by atoms with Gasteiger partial charge in [0.05, 0.1) is 5.56 Å². The van der Waals surface area contributed by atoms with Gasteiger partial charge in [0.2, 0.25) is 0 Å². The maximum absolute atomic E-state index is 13.0. The fourth-order valence-electron chi connectivity index (χ4n) is 2.69. The van der Waals surface area contributed by atoms with Gasteiger partial charge in [-0.25, -0.2) is 0 Å². The van der Waals surface area contributed by atoms with Gasteiger partial charge in [0, 0.05) is 18.3 Å². The molecule has 0 aliphatic carbocycles. The van der Waals surface area contributed by atoms with Gasteiger partial charge in [-0.1, -0.05) is 19.1 Å². The second-order valence-corrected chi connectivity index (χ2v) is 5.25. The lowest BCUT2D eigenvalue weighted by Crippen LogP contribution is -2.26. The van der Waals surface area contributed by atoms with E-state index in [1.165, 1.54) is 12.1 Å². The maximum atomic E-state index is 13.0. The fourth-order valence-corrected chi connectivity index (χ4v) is 2.69. The molecule has 1 N–H and O–H groups in total. The molecule has 1 fully saturated rings. The molecule has 1 heterocycles. The number of para-hydroxylation sites is 1. The highest BCUT2D eigenvalue weighted by Gasteiger charge is 2.33. The van der Waals surface area contributed by atoms with Crippen molar-refractivity contribution in [2.24, 2.45) is 0 Å². The molecule has 0 spiro atoms. The Hall–Kier alpha value is -1.23. The van der Waals surface area contributed by atoms with E-state index >= 15 is 0 Å². The molecule has 1 aliphatic rings. The van der Waals surface area contributed by atoms with Crippen molar-refractivity contribution < 1.29 is 13.2 Å². The summed E-state index contributed by atoms with van der Waals surface area (Å²) in [6, 6.07) is 5.85. The van der Waals surface area contributed by atoms with Crippen molar-refractivity contribution in [1.29, 1.82) is 0 Å². The summed E-state index contributed by atoms with van der Waals surface area (Å²) in [5, 5.41) is 3.09. The normalized spacial score (nSPS) is 21.5. The van der Waals surface area contributed by atoms with Crippen LogP contribution in [-0.2, 0) is 6.18 Å². The number of likely N-dealkylation sites (tertiary alicyclic amines) is 1. The zero-order chi connectivity index (χ0) is 14.6. The van der Waals surface area contributed by atoms with Crippen LogP contribution in [0, 0.1) is 0 Å². The topological polar surface area (TPSA) is 15.3 Å². The number of rotatable bonds is 3. The van der Waals surface area contributed by atoms with Crippen molar-refractivity contribution in [3.63, 3.8) is 0 Å². The molecule has 0 radical (unpaired) electrons. The first kappa shape index (κ1) is 15.2. The first-order valence-corrected chi connectivity index (χ1v) is 7.16. The summed E-state index contributed by atoms with van der Waals surface area (Å²) in [6.45, 7) is 5.11. The molecule has 1 aromatic rings. The quantitative estimate of drug-likeness (QED) is 0.903. The summed E-state index contributed by atoms with van der Waals surface area (Å²) in [5.74, 6) is 0. The van der Waals surface area contributed by atoms with Crippen molar-refractivity contribution in [2.45, 2.75) is 38.4 Å². The monoisotopic (exact) mass is 286 g/mol. The highest BCUT2D eigenvalue weighted by Crippen LogP contribution is 2.35. The largest absolute Gasteiger partial charge is 0.418 e. The SMILES string of the molecule is CCN1CCCC(Nc2ccccc2C(F)(F)F)CC1. The zero-order valence-corrected chi connectivity index (χ0v) is 11.7. The zero-order valence-electron chi connectivity index (χ0n) is 11.7. The third-order valence-electron chi connectivity index (χ3n) is 3.86. The van der Waals surface area contributed by atoms with Crippen LogP contribution in [0.4, 0.5) is 18.9 Å². The molecule has 2 rings (SSSR count). The second kappa shape index (κ2) is 6.48. The maximum Gasteiger partial charge on any atom is 0.418 e. The molecule has 1 atom stereocenters. The van der Waals surface area contributed by atoms with Crippen LogP contribution < -0.4 is 5.32 Å². The van der Waals surface area contributed by atoms with Crippen LogP contribution in [0.15, 0.2) is 24.3 Å². The Bertz CT molecular complexity index is 431. The summed E-state index contributed by atoms with van der Waals surface area (Å²) in [7, 11) is 0. The van der Waals surface area contributed by atoms with Crippen LogP contribution in [0.1, 0.15) is 31.7 Å². The van der Waals surface area contributed by atoms with Gasteiger partial charge in [-0.05, 0) is 44.5 Å². The van der Waals surface area contributed by atoms with E-state index in [4.69, 9.17) is 0 Å². The average Bonchev–Trinajstić information content (AvgIpc) is 2.63. The van der Waals surface area contributed by atoms with E-state index in [2.05, 4.69) is 17.1 Å². The molecular formula is C15H21F3N2. The van der Waals surface area contributed by atoms with Crippen molar-refractivity contribution in [3.05, 3.63) is 29.8 Å². The minimum Gasteiger partial charge on any atom is -0.382 e. The molecular weight excluding hydrogens is 265 g/mol. The molecule has 20 heavy (non-hydrogen) atoms. The first-order chi connectivity index (χ1) is 9.50. The Morgan fingerprint density at radius 1 is 1.20 bits per heavy atom. The molecule has 0 saturated carbocycles. The smallest absolute Gasteiger partial charge is 0.382 e. The van der Waals surface area contributed by atoms with Crippen LogP contribution >= 0.6 is 0 Å². The number of hydrogen-bond donors (Lipinski definition) is 1. The molecule has 1 aromatic carbocycles.